The Bertz CT molecular complexity index is 793. The largest absolute Gasteiger partial charge is 0.452 e. The molecule has 1 N–H and O–H groups in total. The number of aromatic nitrogens is 1. The molecule has 1 amide bonds. The van der Waals surface area contributed by atoms with Crippen molar-refractivity contribution in [1.29, 1.82) is 0 Å². The number of nitro groups is 1. The fourth-order valence-corrected chi connectivity index (χ4v) is 2.48. The first-order chi connectivity index (χ1) is 11.6. The Morgan fingerprint density at radius 3 is 2.92 bits per heavy atom. The van der Waals surface area contributed by atoms with E-state index in [2.05, 4.69) is 10.3 Å². The fraction of sp³-hybridized carbons (Fsp3) is 0.250. The van der Waals surface area contributed by atoms with Crippen LogP contribution in [0.25, 0.3) is 0 Å². The first-order valence-corrected chi connectivity index (χ1v) is 7.54. The van der Waals surface area contributed by atoms with Crippen molar-refractivity contribution >= 4 is 17.4 Å². The molecule has 8 nitrogen and oxygen atoms in total. The quantitative estimate of drug-likeness (QED) is 0.672. The van der Waals surface area contributed by atoms with Crippen LogP contribution in [0.15, 0.2) is 36.5 Å². The fourth-order valence-electron chi connectivity index (χ4n) is 2.48. The lowest BCUT2D eigenvalue weighted by molar-refractivity contribution is -0.385. The second kappa shape index (κ2) is 6.53. The molecule has 8 heteroatoms. The van der Waals surface area contributed by atoms with Crippen LogP contribution < -0.4 is 10.1 Å². The van der Waals surface area contributed by atoms with Gasteiger partial charge in [0.25, 0.3) is 11.6 Å². The molecule has 2 aromatic rings. The van der Waals surface area contributed by atoms with Crippen LogP contribution >= 0.6 is 0 Å². The van der Waals surface area contributed by atoms with E-state index in [1.807, 2.05) is 6.92 Å². The van der Waals surface area contributed by atoms with Crippen molar-refractivity contribution in [2.45, 2.75) is 6.92 Å². The summed E-state index contributed by atoms with van der Waals surface area (Å²) >= 11 is 0. The number of pyridine rings is 1. The number of likely N-dealkylation sites (N-methyl/N-ethyl adjacent to an activating group) is 1. The Balaban J connectivity index is 2.09. The molecule has 2 heterocycles. The van der Waals surface area contributed by atoms with Gasteiger partial charge in [-0.05, 0) is 19.1 Å². The van der Waals surface area contributed by atoms with E-state index in [1.165, 1.54) is 12.3 Å². The van der Waals surface area contributed by atoms with Gasteiger partial charge < -0.3 is 15.0 Å². The van der Waals surface area contributed by atoms with Gasteiger partial charge in [0, 0.05) is 19.6 Å². The van der Waals surface area contributed by atoms with Gasteiger partial charge in [0.2, 0.25) is 0 Å². The van der Waals surface area contributed by atoms with Crippen molar-refractivity contribution in [3.05, 3.63) is 52.2 Å². The maximum atomic E-state index is 12.7. The lowest BCUT2D eigenvalue weighted by Gasteiger charge is -2.24. The van der Waals surface area contributed by atoms with Crippen molar-refractivity contribution < 1.29 is 14.5 Å². The maximum absolute atomic E-state index is 12.7. The zero-order valence-corrected chi connectivity index (χ0v) is 13.1. The Kier molecular flexibility index (Phi) is 4.28. The third kappa shape index (κ3) is 2.98. The number of fused-ring (bicyclic) bond motifs is 2. The number of amides is 1. The van der Waals surface area contributed by atoms with Gasteiger partial charge >= 0.3 is 0 Å². The van der Waals surface area contributed by atoms with E-state index in [1.54, 1.807) is 29.2 Å². The van der Waals surface area contributed by atoms with E-state index in [4.69, 9.17) is 4.74 Å². The average Bonchev–Trinajstić information content (AvgIpc) is 2.59. The van der Waals surface area contributed by atoms with Crippen LogP contribution in [0.4, 0.5) is 11.5 Å². The zero-order valence-electron chi connectivity index (χ0n) is 13.1. The third-order valence-electron chi connectivity index (χ3n) is 3.73. The maximum Gasteiger partial charge on any atom is 0.291 e. The van der Waals surface area contributed by atoms with E-state index in [0.29, 0.717) is 36.8 Å². The predicted molar refractivity (Wildman–Crippen MR) is 87.5 cm³/mol. The molecule has 0 spiro atoms. The summed E-state index contributed by atoms with van der Waals surface area (Å²) in [5.74, 6) is 0.820. The van der Waals surface area contributed by atoms with Gasteiger partial charge in [0.1, 0.15) is 11.9 Å². The molecule has 1 aliphatic heterocycles. The van der Waals surface area contributed by atoms with Gasteiger partial charge in [-0.1, -0.05) is 12.1 Å². The highest BCUT2D eigenvalue weighted by Crippen LogP contribution is 2.33. The summed E-state index contributed by atoms with van der Waals surface area (Å²) in [7, 11) is 0. The van der Waals surface area contributed by atoms with Gasteiger partial charge in [0.15, 0.2) is 11.6 Å². The molecule has 0 fully saturated rings. The monoisotopic (exact) mass is 328 g/mol. The summed E-state index contributed by atoms with van der Waals surface area (Å²) in [5, 5.41) is 14.0. The average molecular weight is 328 g/mol. The normalized spacial score (nSPS) is 14.0. The standard InChI is InChI=1S/C16H16N4O4/c1-2-19-8-7-17-15-14(9-11(10-18-15)20(22)23)24-13-6-4-3-5-12(13)16(19)21/h3-6,9-10H,2,7-8H2,1H3,(H,17,18). The Morgan fingerprint density at radius 2 is 2.17 bits per heavy atom. The Labute approximate surface area is 138 Å². The molecule has 0 radical (unpaired) electrons. The molecule has 3 rings (SSSR count). The van der Waals surface area contributed by atoms with Gasteiger partial charge in [-0.2, -0.15) is 0 Å². The topological polar surface area (TPSA) is 97.6 Å². The van der Waals surface area contributed by atoms with Gasteiger partial charge in [-0.15, -0.1) is 0 Å². The van der Waals surface area contributed by atoms with Crippen molar-refractivity contribution in [2.75, 3.05) is 25.0 Å². The highest BCUT2D eigenvalue weighted by atomic mass is 16.6. The van der Waals surface area contributed by atoms with Crippen LogP contribution in [0.3, 0.4) is 0 Å². The minimum atomic E-state index is -0.536. The number of carbonyl (C=O) groups excluding carboxylic acids is 1. The summed E-state index contributed by atoms with van der Waals surface area (Å²) in [6.45, 7) is 3.42. The summed E-state index contributed by atoms with van der Waals surface area (Å²) in [5.41, 5.74) is 0.241. The van der Waals surface area contributed by atoms with Crippen molar-refractivity contribution in [1.82, 2.24) is 9.88 Å². The predicted octanol–water partition coefficient (Wildman–Crippen LogP) is 2.67. The summed E-state index contributed by atoms with van der Waals surface area (Å²) in [4.78, 5) is 28.9. The molecule has 0 atom stereocenters. The molecule has 124 valence electrons. The second-order valence-electron chi connectivity index (χ2n) is 5.21. The molecule has 1 aliphatic rings. The number of ether oxygens (including phenoxy) is 1. The van der Waals surface area contributed by atoms with Crippen LogP contribution in [-0.2, 0) is 0 Å². The molecule has 0 saturated heterocycles. The molecule has 0 bridgehead atoms. The van der Waals surface area contributed by atoms with Crippen molar-refractivity contribution in [3.8, 4) is 11.5 Å². The number of rotatable bonds is 2. The molecule has 1 aromatic heterocycles. The summed E-state index contributed by atoms with van der Waals surface area (Å²) in [6, 6.07) is 8.14. The highest BCUT2D eigenvalue weighted by Gasteiger charge is 2.22. The molecule has 0 aliphatic carbocycles. The van der Waals surface area contributed by atoms with E-state index in [-0.39, 0.29) is 17.3 Å². The summed E-state index contributed by atoms with van der Waals surface area (Å²) < 4.78 is 5.80. The van der Waals surface area contributed by atoms with Gasteiger partial charge in [0.05, 0.1) is 16.6 Å². The molecule has 0 unspecified atom stereocenters. The number of benzene rings is 1. The van der Waals surface area contributed by atoms with Crippen LogP contribution in [-0.4, -0.2) is 40.3 Å². The first-order valence-electron chi connectivity index (χ1n) is 7.54. The molecule has 24 heavy (non-hydrogen) atoms. The van der Waals surface area contributed by atoms with E-state index >= 15 is 0 Å². The smallest absolute Gasteiger partial charge is 0.291 e. The minimum Gasteiger partial charge on any atom is -0.452 e. The zero-order chi connectivity index (χ0) is 17.1. The van der Waals surface area contributed by atoms with Crippen molar-refractivity contribution in [2.24, 2.45) is 0 Å². The summed E-state index contributed by atoms with van der Waals surface area (Å²) in [6.07, 6.45) is 1.18. The molecule has 0 saturated carbocycles. The van der Waals surface area contributed by atoms with Crippen molar-refractivity contribution in [3.63, 3.8) is 0 Å². The van der Waals surface area contributed by atoms with Gasteiger partial charge in [-0.25, -0.2) is 4.98 Å². The van der Waals surface area contributed by atoms with E-state index in [9.17, 15) is 14.9 Å². The molecular formula is C16H16N4O4. The minimum absolute atomic E-state index is 0.142. The van der Waals surface area contributed by atoms with Crippen LogP contribution in [0.5, 0.6) is 11.5 Å². The second-order valence-corrected chi connectivity index (χ2v) is 5.21. The first kappa shape index (κ1) is 15.7. The lowest BCUT2D eigenvalue weighted by Crippen LogP contribution is -2.35. The number of para-hydroxylation sites is 1. The molecular weight excluding hydrogens is 312 g/mol. The van der Waals surface area contributed by atoms with Crippen LogP contribution in [0.1, 0.15) is 17.3 Å². The van der Waals surface area contributed by atoms with E-state index < -0.39 is 4.92 Å². The number of nitrogens with one attached hydrogen (secondary N) is 1. The number of anilines is 1. The van der Waals surface area contributed by atoms with Gasteiger partial charge in [-0.3, -0.25) is 14.9 Å². The number of hydrogen-bond acceptors (Lipinski definition) is 6. The Hall–Kier alpha value is -3.16. The van der Waals surface area contributed by atoms with Crippen LogP contribution in [0.2, 0.25) is 0 Å². The number of carbonyl (C=O) groups is 1. The molecule has 1 aromatic carbocycles. The number of hydrogen-bond donors (Lipinski definition) is 1. The Morgan fingerprint density at radius 1 is 1.38 bits per heavy atom. The number of nitrogens with zero attached hydrogens (tertiary/aromatic N) is 3. The third-order valence-corrected chi connectivity index (χ3v) is 3.73. The van der Waals surface area contributed by atoms with E-state index in [0.717, 1.165) is 0 Å². The highest BCUT2D eigenvalue weighted by molar-refractivity contribution is 5.97. The van der Waals surface area contributed by atoms with Crippen LogP contribution in [0, 0.1) is 10.1 Å². The SMILES string of the molecule is CCN1CCNc2ncc([N+](=O)[O-])cc2Oc2ccccc2C1=O. The lowest BCUT2D eigenvalue weighted by atomic mass is 10.1.